The predicted octanol–water partition coefficient (Wildman–Crippen LogP) is 1.83. The molecule has 2 N–H and O–H groups in total. The van der Waals surface area contributed by atoms with Gasteiger partial charge in [0.05, 0.1) is 4.90 Å². The number of nitrogens with two attached hydrogens (primary N) is 1. The van der Waals surface area contributed by atoms with Crippen LogP contribution in [-0.4, -0.2) is 37.3 Å². The summed E-state index contributed by atoms with van der Waals surface area (Å²) in [6.07, 6.45) is 0.914. The van der Waals surface area contributed by atoms with Crippen LogP contribution >= 0.6 is 11.8 Å². The summed E-state index contributed by atoms with van der Waals surface area (Å²) in [6.45, 7) is 3.06. The molecule has 1 aliphatic rings. The first-order valence-corrected chi connectivity index (χ1v) is 9.05. The molecule has 6 heteroatoms. The van der Waals surface area contributed by atoms with E-state index in [1.165, 1.54) is 0 Å². The summed E-state index contributed by atoms with van der Waals surface area (Å²) in [6, 6.07) is 6.81. The van der Waals surface area contributed by atoms with Crippen molar-refractivity contribution >= 4 is 21.8 Å². The quantitative estimate of drug-likeness (QED) is 0.925. The van der Waals surface area contributed by atoms with Crippen LogP contribution in [0.15, 0.2) is 29.2 Å². The highest BCUT2D eigenvalue weighted by atomic mass is 32.2. The van der Waals surface area contributed by atoms with Gasteiger partial charge in [-0.2, -0.15) is 16.1 Å². The van der Waals surface area contributed by atoms with Crippen LogP contribution in [0.3, 0.4) is 0 Å². The van der Waals surface area contributed by atoms with Gasteiger partial charge in [0, 0.05) is 24.9 Å². The maximum atomic E-state index is 12.6. The number of benzene rings is 1. The third-order valence-corrected chi connectivity index (χ3v) is 6.15. The Labute approximate surface area is 119 Å². The van der Waals surface area contributed by atoms with Gasteiger partial charge in [0.2, 0.25) is 10.0 Å². The summed E-state index contributed by atoms with van der Waals surface area (Å²) >= 11 is 1.81. The maximum absolute atomic E-state index is 12.6. The normalized spacial score (nSPS) is 19.9. The molecule has 1 aromatic rings. The van der Waals surface area contributed by atoms with E-state index in [-0.39, 0.29) is 6.04 Å². The molecule has 19 heavy (non-hydrogen) atoms. The summed E-state index contributed by atoms with van der Waals surface area (Å²) in [5.74, 6) is 1.90. The Hall–Kier alpha value is -0.560. The Morgan fingerprint density at radius 1 is 1.32 bits per heavy atom. The zero-order chi connectivity index (χ0) is 13.9. The highest BCUT2D eigenvalue weighted by Gasteiger charge is 2.25. The molecular weight excluding hydrogens is 280 g/mol. The van der Waals surface area contributed by atoms with Crippen LogP contribution in [0, 0.1) is 0 Å². The fraction of sp³-hybridized carbons (Fsp3) is 0.538. The monoisotopic (exact) mass is 300 g/mol. The molecule has 1 heterocycles. The largest absolute Gasteiger partial charge is 0.324 e. The first-order valence-electron chi connectivity index (χ1n) is 6.45. The Bertz CT molecular complexity index is 521. The minimum atomic E-state index is -3.38. The van der Waals surface area contributed by atoms with Crippen molar-refractivity contribution in [2.24, 2.45) is 5.73 Å². The molecule has 1 aliphatic heterocycles. The molecule has 0 aliphatic carbocycles. The van der Waals surface area contributed by atoms with E-state index in [9.17, 15) is 8.42 Å². The van der Waals surface area contributed by atoms with Crippen LogP contribution in [0.2, 0.25) is 0 Å². The van der Waals surface area contributed by atoms with E-state index in [2.05, 4.69) is 0 Å². The van der Waals surface area contributed by atoms with E-state index >= 15 is 0 Å². The number of nitrogens with zero attached hydrogens (tertiary/aromatic N) is 1. The summed E-state index contributed by atoms with van der Waals surface area (Å²) in [4.78, 5) is 0.356. The van der Waals surface area contributed by atoms with Gasteiger partial charge < -0.3 is 5.73 Å². The molecule has 0 radical (unpaired) electrons. The van der Waals surface area contributed by atoms with Gasteiger partial charge in [-0.05, 0) is 36.8 Å². The minimum absolute atomic E-state index is 0.158. The van der Waals surface area contributed by atoms with Crippen molar-refractivity contribution in [2.45, 2.75) is 24.3 Å². The Kier molecular flexibility index (Phi) is 4.89. The van der Waals surface area contributed by atoms with Crippen molar-refractivity contribution in [3.8, 4) is 0 Å². The molecule has 1 fully saturated rings. The van der Waals surface area contributed by atoms with E-state index in [1.54, 1.807) is 22.5 Å². The van der Waals surface area contributed by atoms with Gasteiger partial charge in [0.1, 0.15) is 0 Å². The summed E-state index contributed by atoms with van der Waals surface area (Å²) in [5.41, 5.74) is 6.67. The van der Waals surface area contributed by atoms with Crippen LogP contribution in [0.25, 0.3) is 0 Å². The van der Waals surface area contributed by atoms with Gasteiger partial charge in [-0.25, -0.2) is 8.42 Å². The molecule has 2 rings (SSSR count). The average Bonchev–Trinajstić information content (AvgIpc) is 2.68. The molecule has 1 unspecified atom stereocenters. The summed E-state index contributed by atoms with van der Waals surface area (Å²) in [7, 11) is -3.38. The first kappa shape index (κ1) is 14.8. The summed E-state index contributed by atoms with van der Waals surface area (Å²) in [5, 5.41) is 0. The van der Waals surface area contributed by atoms with Crippen LogP contribution in [0.1, 0.15) is 24.9 Å². The van der Waals surface area contributed by atoms with E-state index in [0.29, 0.717) is 18.0 Å². The third-order valence-electron chi connectivity index (χ3n) is 3.20. The lowest BCUT2D eigenvalue weighted by atomic mass is 10.1. The molecular formula is C13H20N2O2S2. The Balaban J connectivity index is 2.30. The minimum Gasteiger partial charge on any atom is -0.324 e. The first-order chi connectivity index (χ1) is 9.01. The maximum Gasteiger partial charge on any atom is 0.243 e. The SMILES string of the molecule is CC(N)c1cccc(S(=O)(=O)N2CCCSCC2)c1. The molecule has 1 atom stereocenters. The topological polar surface area (TPSA) is 63.4 Å². The number of thioether (sulfide) groups is 1. The molecule has 0 aromatic heterocycles. The number of rotatable bonds is 3. The second-order valence-electron chi connectivity index (χ2n) is 4.73. The zero-order valence-corrected chi connectivity index (χ0v) is 12.7. The second-order valence-corrected chi connectivity index (χ2v) is 7.89. The van der Waals surface area contributed by atoms with Gasteiger partial charge in [-0.1, -0.05) is 12.1 Å². The van der Waals surface area contributed by atoms with Crippen molar-refractivity contribution in [3.63, 3.8) is 0 Å². The number of hydrogen-bond donors (Lipinski definition) is 1. The Morgan fingerprint density at radius 3 is 2.84 bits per heavy atom. The van der Waals surface area contributed by atoms with Crippen LogP contribution in [0.5, 0.6) is 0 Å². The highest BCUT2D eigenvalue weighted by Crippen LogP contribution is 2.22. The van der Waals surface area contributed by atoms with Crippen molar-refractivity contribution in [2.75, 3.05) is 24.6 Å². The fourth-order valence-electron chi connectivity index (χ4n) is 2.07. The molecule has 0 spiro atoms. The standard InChI is InChI=1S/C13H20N2O2S2/c1-11(14)12-4-2-5-13(10-12)19(16,17)15-6-3-8-18-9-7-15/h2,4-5,10-11H,3,6-9,14H2,1H3. The molecule has 1 aromatic carbocycles. The van der Waals surface area contributed by atoms with Crippen molar-refractivity contribution in [1.82, 2.24) is 4.31 Å². The van der Waals surface area contributed by atoms with Crippen LogP contribution < -0.4 is 5.73 Å². The van der Waals surface area contributed by atoms with Gasteiger partial charge in [-0.3, -0.25) is 0 Å². The molecule has 106 valence electrons. The lowest BCUT2D eigenvalue weighted by Crippen LogP contribution is -2.33. The van der Waals surface area contributed by atoms with Gasteiger partial charge in [0.15, 0.2) is 0 Å². The van der Waals surface area contributed by atoms with Gasteiger partial charge in [-0.15, -0.1) is 0 Å². The fourth-order valence-corrected chi connectivity index (χ4v) is 4.61. The van der Waals surface area contributed by atoms with Crippen LogP contribution in [0.4, 0.5) is 0 Å². The van der Waals surface area contributed by atoms with E-state index < -0.39 is 10.0 Å². The average molecular weight is 300 g/mol. The summed E-state index contributed by atoms with van der Waals surface area (Å²) < 4.78 is 26.8. The molecule has 4 nitrogen and oxygen atoms in total. The second kappa shape index (κ2) is 6.26. The van der Waals surface area contributed by atoms with E-state index in [1.807, 2.05) is 24.8 Å². The molecule has 1 saturated heterocycles. The van der Waals surface area contributed by atoms with Crippen molar-refractivity contribution < 1.29 is 8.42 Å². The highest BCUT2D eigenvalue weighted by molar-refractivity contribution is 7.99. The number of sulfonamides is 1. The van der Waals surface area contributed by atoms with Gasteiger partial charge >= 0.3 is 0 Å². The molecule has 0 amide bonds. The van der Waals surface area contributed by atoms with E-state index in [4.69, 9.17) is 5.73 Å². The van der Waals surface area contributed by atoms with Crippen LogP contribution in [-0.2, 0) is 10.0 Å². The van der Waals surface area contributed by atoms with Gasteiger partial charge in [0.25, 0.3) is 0 Å². The van der Waals surface area contributed by atoms with Crippen molar-refractivity contribution in [3.05, 3.63) is 29.8 Å². The molecule has 0 bridgehead atoms. The lowest BCUT2D eigenvalue weighted by Gasteiger charge is -2.20. The van der Waals surface area contributed by atoms with Crippen molar-refractivity contribution in [1.29, 1.82) is 0 Å². The lowest BCUT2D eigenvalue weighted by molar-refractivity contribution is 0.435. The predicted molar refractivity (Wildman–Crippen MR) is 79.7 cm³/mol. The Morgan fingerprint density at radius 2 is 2.11 bits per heavy atom. The zero-order valence-electron chi connectivity index (χ0n) is 11.1. The smallest absolute Gasteiger partial charge is 0.243 e. The van der Waals surface area contributed by atoms with E-state index in [0.717, 1.165) is 23.5 Å². The molecule has 0 saturated carbocycles. The third kappa shape index (κ3) is 3.51. The number of hydrogen-bond acceptors (Lipinski definition) is 4.